The smallest absolute Gasteiger partial charge is 0.339 e. The van der Waals surface area contributed by atoms with Gasteiger partial charge in [-0.2, -0.15) is 0 Å². The monoisotopic (exact) mass is 435 g/mol. The zero-order valence-electron chi connectivity index (χ0n) is 16.6. The molecule has 2 N–H and O–H groups in total. The third kappa shape index (κ3) is 7.12. The highest BCUT2D eigenvalue weighted by molar-refractivity contribution is 6.02. The molecule has 166 valence electrons. The number of ether oxygens (including phenoxy) is 1. The second-order valence-electron chi connectivity index (χ2n) is 6.41. The number of nitro groups is 1. The molecule has 0 unspecified atom stereocenters. The Morgan fingerprint density at radius 1 is 1.00 bits per heavy atom. The van der Waals surface area contributed by atoms with Gasteiger partial charge in [0.2, 0.25) is 0 Å². The predicted octanol–water partition coefficient (Wildman–Crippen LogP) is 3.29. The van der Waals surface area contributed by atoms with Crippen LogP contribution in [-0.2, 0) is 32.6 Å². The topological polar surface area (TPSA) is 155 Å². The van der Waals surface area contributed by atoms with Crippen molar-refractivity contribution >= 4 is 17.6 Å². The van der Waals surface area contributed by atoms with E-state index in [9.17, 15) is 19.7 Å². The van der Waals surface area contributed by atoms with Crippen LogP contribution in [0, 0.1) is 17.0 Å². The molecule has 0 heterocycles. The summed E-state index contributed by atoms with van der Waals surface area (Å²) in [6.45, 7) is 1.44. The van der Waals surface area contributed by atoms with Crippen LogP contribution >= 0.6 is 0 Å². The lowest BCUT2D eigenvalue weighted by atomic mass is 10.0. The number of benzene rings is 2. The summed E-state index contributed by atoms with van der Waals surface area (Å²) in [6, 6.07) is 8.36. The van der Waals surface area contributed by atoms with Crippen LogP contribution in [0.5, 0.6) is 0 Å². The maximum absolute atomic E-state index is 12.1. The SMILES string of the molecule is Cc1ccc(C(=O)O)c(C(=O)OCCCOOCc2cc([N+](=O)[O-])ccc2COO)c1. The Morgan fingerprint density at radius 3 is 2.45 bits per heavy atom. The zero-order valence-corrected chi connectivity index (χ0v) is 16.6. The molecule has 0 aliphatic carbocycles. The Balaban J connectivity index is 1.78. The van der Waals surface area contributed by atoms with Crippen LogP contribution in [0.25, 0.3) is 0 Å². The number of nitrogens with zero attached hydrogens (tertiary/aromatic N) is 1. The predicted molar refractivity (Wildman–Crippen MR) is 104 cm³/mol. The van der Waals surface area contributed by atoms with Crippen molar-refractivity contribution in [3.63, 3.8) is 0 Å². The van der Waals surface area contributed by atoms with Crippen LogP contribution in [-0.4, -0.2) is 40.4 Å². The van der Waals surface area contributed by atoms with Crippen molar-refractivity contribution < 1.29 is 44.3 Å². The minimum absolute atomic E-state index is 0.0321. The molecule has 0 spiro atoms. The Morgan fingerprint density at radius 2 is 1.77 bits per heavy atom. The summed E-state index contributed by atoms with van der Waals surface area (Å²) in [7, 11) is 0. The second-order valence-corrected chi connectivity index (χ2v) is 6.41. The van der Waals surface area contributed by atoms with Crippen LogP contribution in [0.15, 0.2) is 36.4 Å². The van der Waals surface area contributed by atoms with Gasteiger partial charge in [0.1, 0.15) is 13.2 Å². The van der Waals surface area contributed by atoms with Gasteiger partial charge in [0.05, 0.1) is 29.3 Å². The molecule has 0 aliphatic heterocycles. The van der Waals surface area contributed by atoms with E-state index in [1.54, 1.807) is 13.0 Å². The number of non-ortho nitro benzene ring substituents is 1. The molecule has 0 saturated heterocycles. The van der Waals surface area contributed by atoms with Crippen molar-refractivity contribution in [2.75, 3.05) is 13.2 Å². The number of nitro benzene ring substituents is 1. The normalized spacial score (nSPS) is 10.6. The average Bonchev–Trinajstić information content (AvgIpc) is 2.73. The molecular weight excluding hydrogens is 414 g/mol. The van der Waals surface area contributed by atoms with Crippen molar-refractivity contribution in [2.45, 2.75) is 26.6 Å². The Kier molecular flexibility index (Phi) is 9.03. The van der Waals surface area contributed by atoms with Crippen molar-refractivity contribution in [1.29, 1.82) is 0 Å². The second kappa shape index (κ2) is 11.7. The molecule has 0 saturated carbocycles. The number of aryl methyl sites for hydroxylation is 1. The summed E-state index contributed by atoms with van der Waals surface area (Å²) < 4.78 is 5.07. The minimum Gasteiger partial charge on any atom is -0.478 e. The molecule has 2 aromatic carbocycles. The highest BCUT2D eigenvalue weighted by Gasteiger charge is 2.18. The Bertz CT molecular complexity index is 944. The molecule has 2 rings (SSSR count). The number of esters is 1. The van der Waals surface area contributed by atoms with Gasteiger partial charge >= 0.3 is 11.9 Å². The van der Waals surface area contributed by atoms with Gasteiger partial charge in [-0.15, -0.1) is 0 Å². The van der Waals surface area contributed by atoms with Crippen molar-refractivity contribution in [1.82, 2.24) is 0 Å². The molecule has 0 aliphatic rings. The molecule has 11 heteroatoms. The highest BCUT2D eigenvalue weighted by atomic mass is 17.2. The first kappa shape index (κ1) is 23.9. The van der Waals surface area contributed by atoms with Gasteiger partial charge in [-0.25, -0.2) is 24.3 Å². The third-order valence-corrected chi connectivity index (χ3v) is 4.15. The molecule has 11 nitrogen and oxygen atoms in total. The summed E-state index contributed by atoms with van der Waals surface area (Å²) >= 11 is 0. The first-order valence-corrected chi connectivity index (χ1v) is 9.11. The molecule has 2 aromatic rings. The first-order chi connectivity index (χ1) is 14.8. The lowest BCUT2D eigenvalue weighted by molar-refractivity contribution is -0.385. The number of carboxylic acid groups (broad SMARTS) is 1. The largest absolute Gasteiger partial charge is 0.478 e. The third-order valence-electron chi connectivity index (χ3n) is 4.15. The summed E-state index contributed by atoms with van der Waals surface area (Å²) in [5.74, 6) is -1.98. The highest BCUT2D eigenvalue weighted by Crippen LogP contribution is 2.20. The number of hydrogen-bond acceptors (Lipinski definition) is 9. The summed E-state index contributed by atoms with van der Waals surface area (Å²) in [4.78, 5) is 47.7. The zero-order chi connectivity index (χ0) is 22.8. The van der Waals surface area contributed by atoms with Gasteiger partial charge in [0.25, 0.3) is 5.69 Å². The lowest BCUT2D eigenvalue weighted by Gasteiger charge is -2.10. The Hall–Kier alpha value is -3.38. The molecule has 0 bridgehead atoms. The van der Waals surface area contributed by atoms with Crippen LogP contribution in [0.3, 0.4) is 0 Å². The molecule has 0 amide bonds. The lowest BCUT2D eigenvalue weighted by Crippen LogP contribution is -2.13. The number of hydrogen-bond donors (Lipinski definition) is 2. The van der Waals surface area contributed by atoms with Gasteiger partial charge in [-0.1, -0.05) is 11.6 Å². The fourth-order valence-electron chi connectivity index (χ4n) is 2.61. The van der Waals surface area contributed by atoms with Crippen LogP contribution in [0.4, 0.5) is 5.69 Å². The van der Waals surface area contributed by atoms with E-state index in [0.29, 0.717) is 11.1 Å². The molecule has 0 aromatic heterocycles. The molecule has 0 radical (unpaired) electrons. The molecule has 0 fully saturated rings. The van der Waals surface area contributed by atoms with Crippen molar-refractivity contribution in [3.05, 3.63) is 74.3 Å². The van der Waals surface area contributed by atoms with Crippen molar-refractivity contribution in [2.24, 2.45) is 0 Å². The van der Waals surface area contributed by atoms with E-state index in [1.807, 2.05) is 0 Å². The van der Waals surface area contributed by atoms with Gasteiger partial charge < -0.3 is 9.84 Å². The number of carboxylic acids is 1. The molecule has 31 heavy (non-hydrogen) atoms. The van der Waals surface area contributed by atoms with E-state index in [-0.39, 0.29) is 49.7 Å². The average molecular weight is 435 g/mol. The number of aromatic carboxylic acids is 1. The van der Waals surface area contributed by atoms with E-state index < -0.39 is 16.9 Å². The fraction of sp³-hybridized carbons (Fsp3) is 0.300. The summed E-state index contributed by atoms with van der Waals surface area (Å²) in [6.07, 6.45) is 0.265. The maximum atomic E-state index is 12.1. The van der Waals surface area contributed by atoms with Crippen LogP contribution in [0.1, 0.15) is 43.8 Å². The van der Waals surface area contributed by atoms with E-state index in [0.717, 1.165) is 5.56 Å². The van der Waals surface area contributed by atoms with E-state index in [4.69, 9.17) is 24.9 Å². The van der Waals surface area contributed by atoms with Crippen molar-refractivity contribution in [3.8, 4) is 0 Å². The van der Waals surface area contributed by atoms with E-state index in [2.05, 4.69) is 4.89 Å². The number of carbonyl (C=O) groups is 2. The van der Waals surface area contributed by atoms with Gasteiger partial charge in [0, 0.05) is 18.6 Å². The fourth-order valence-corrected chi connectivity index (χ4v) is 2.61. The Labute approximate surface area is 176 Å². The number of carbonyl (C=O) groups excluding carboxylic acids is 1. The first-order valence-electron chi connectivity index (χ1n) is 9.11. The quantitative estimate of drug-likeness (QED) is 0.167. The maximum Gasteiger partial charge on any atom is 0.339 e. The van der Waals surface area contributed by atoms with Gasteiger partial charge in [0.15, 0.2) is 0 Å². The summed E-state index contributed by atoms with van der Waals surface area (Å²) in [5, 5.41) is 28.7. The minimum atomic E-state index is -1.23. The molecular formula is C20H21NO10. The van der Waals surface area contributed by atoms with Crippen LogP contribution < -0.4 is 0 Å². The van der Waals surface area contributed by atoms with E-state index >= 15 is 0 Å². The van der Waals surface area contributed by atoms with Crippen LogP contribution in [0.2, 0.25) is 0 Å². The van der Waals surface area contributed by atoms with E-state index in [1.165, 1.54) is 30.3 Å². The summed E-state index contributed by atoms with van der Waals surface area (Å²) in [5.41, 5.74) is 1.28. The van der Waals surface area contributed by atoms with Gasteiger partial charge in [-0.05, 0) is 36.2 Å². The number of rotatable bonds is 12. The van der Waals surface area contributed by atoms with Gasteiger partial charge in [-0.3, -0.25) is 15.4 Å². The standard InChI is InChI=1S/C20H21NO10/c1-13-3-6-17(19(22)23)18(9-13)20(24)28-7-2-8-30-31-12-15-10-16(21(25)26)5-4-14(15)11-29-27/h3-6,9-10,27H,2,7-8,11-12H2,1H3,(H,22,23). The molecule has 0 atom stereocenters.